The van der Waals surface area contributed by atoms with Gasteiger partial charge in [0, 0.05) is 19.4 Å². The lowest BCUT2D eigenvalue weighted by molar-refractivity contribution is -0.121. The number of rotatable bonds is 5. The summed E-state index contributed by atoms with van der Waals surface area (Å²) >= 11 is 0. The van der Waals surface area contributed by atoms with Crippen LogP contribution in [-0.2, 0) is 4.79 Å². The number of hydrogen-bond donors (Lipinski definition) is 2. The van der Waals surface area contributed by atoms with Crippen molar-refractivity contribution in [1.82, 2.24) is 10.6 Å². The molecule has 78 valence electrons. The van der Waals surface area contributed by atoms with Crippen LogP contribution in [-0.4, -0.2) is 25.5 Å². The second-order valence-electron chi connectivity index (χ2n) is 3.72. The van der Waals surface area contributed by atoms with Gasteiger partial charge >= 0.3 is 0 Å². The molecule has 0 saturated carbocycles. The van der Waals surface area contributed by atoms with Crippen LogP contribution in [0.3, 0.4) is 0 Å². The van der Waals surface area contributed by atoms with Crippen LogP contribution in [0, 0.1) is 18.3 Å². The fraction of sp³-hybridized carbons (Fsp3) is 0.727. The fourth-order valence-electron chi connectivity index (χ4n) is 1.64. The summed E-state index contributed by atoms with van der Waals surface area (Å²) < 4.78 is 0. The molecule has 0 aromatic carbocycles. The summed E-state index contributed by atoms with van der Waals surface area (Å²) in [5.74, 6) is 3.25. The van der Waals surface area contributed by atoms with Crippen LogP contribution < -0.4 is 10.6 Å². The van der Waals surface area contributed by atoms with E-state index in [1.165, 1.54) is 0 Å². The first-order valence-corrected chi connectivity index (χ1v) is 5.24. The SMILES string of the molecule is C#CCCCNC(=O)CC1CCNC1. The second-order valence-corrected chi connectivity index (χ2v) is 3.72. The predicted octanol–water partition coefficient (Wildman–Crippen LogP) is 0.516. The third kappa shape index (κ3) is 4.29. The molecule has 0 bridgehead atoms. The first kappa shape index (κ1) is 11.1. The number of carbonyl (C=O) groups excluding carboxylic acids is 1. The maximum Gasteiger partial charge on any atom is 0.220 e. The largest absolute Gasteiger partial charge is 0.356 e. The molecule has 1 fully saturated rings. The first-order valence-electron chi connectivity index (χ1n) is 5.24. The zero-order valence-corrected chi connectivity index (χ0v) is 8.51. The van der Waals surface area contributed by atoms with E-state index in [2.05, 4.69) is 16.6 Å². The van der Waals surface area contributed by atoms with Gasteiger partial charge in [-0.05, 0) is 31.8 Å². The third-order valence-electron chi connectivity index (χ3n) is 2.46. The van der Waals surface area contributed by atoms with E-state index in [4.69, 9.17) is 6.42 Å². The van der Waals surface area contributed by atoms with Gasteiger partial charge in [-0.1, -0.05) is 0 Å². The molecule has 0 radical (unpaired) electrons. The molecule has 0 aromatic rings. The Balaban J connectivity index is 2.01. The van der Waals surface area contributed by atoms with E-state index in [0.717, 1.165) is 32.4 Å². The van der Waals surface area contributed by atoms with E-state index in [9.17, 15) is 4.79 Å². The molecule has 1 rings (SSSR count). The predicted molar refractivity (Wildman–Crippen MR) is 56.7 cm³/mol. The van der Waals surface area contributed by atoms with Crippen LogP contribution >= 0.6 is 0 Å². The highest BCUT2D eigenvalue weighted by atomic mass is 16.1. The Morgan fingerprint density at radius 1 is 1.64 bits per heavy atom. The van der Waals surface area contributed by atoms with Crippen LogP contribution in [0.1, 0.15) is 25.7 Å². The van der Waals surface area contributed by atoms with Crippen molar-refractivity contribution >= 4 is 5.91 Å². The Hall–Kier alpha value is -1.01. The van der Waals surface area contributed by atoms with Gasteiger partial charge in [-0.3, -0.25) is 4.79 Å². The second kappa shape index (κ2) is 6.44. The first-order chi connectivity index (χ1) is 6.83. The summed E-state index contributed by atoms with van der Waals surface area (Å²) in [6.07, 6.45) is 8.51. The van der Waals surface area contributed by atoms with Crippen molar-refractivity contribution < 1.29 is 4.79 Å². The molecule has 0 aliphatic carbocycles. The minimum absolute atomic E-state index is 0.163. The van der Waals surface area contributed by atoms with Crippen LogP contribution in [0.5, 0.6) is 0 Å². The van der Waals surface area contributed by atoms with E-state index in [0.29, 0.717) is 18.9 Å². The van der Waals surface area contributed by atoms with E-state index in [1.54, 1.807) is 0 Å². The van der Waals surface area contributed by atoms with Crippen molar-refractivity contribution in [1.29, 1.82) is 0 Å². The van der Waals surface area contributed by atoms with E-state index in [1.807, 2.05) is 0 Å². The monoisotopic (exact) mass is 194 g/mol. The Kier molecular flexibility index (Phi) is 5.09. The minimum atomic E-state index is 0.163. The van der Waals surface area contributed by atoms with Crippen molar-refractivity contribution in [2.45, 2.75) is 25.7 Å². The van der Waals surface area contributed by atoms with E-state index < -0.39 is 0 Å². The zero-order valence-electron chi connectivity index (χ0n) is 8.51. The van der Waals surface area contributed by atoms with Crippen LogP contribution in [0.15, 0.2) is 0 Å². The molecule has 1 amide bonds. The minimum Gasteiger partial charge on any atom is -0.356 e. The number of unbranched alkanes of at least 4 members (excludes halogenated alkanes) is 1. The standard InChI is InChI=1S/C11H18N2O/c1-2-3-4-6-13-11(14)8-10-5-7-12-9-10/h1,10,12H,3-9H2,(H,13,14). The smallest absolute Gasteiger partial charge is 0.220 e. The molecule has 2 N–H and O–H groups in total. The molecule has 1 aliphatic rings. The van der Waals surface area contributed by atoms with Crippen molar-refractivity contribution in [2.75, 3.05) is 19.6 Å². The Morgan fingerprint density at radius 3 is 3.14 bits per heavy atom. The molecule has 14 heavy (non-hydrogen) atoms. The van der Waals surface area contributed by atoms with Gasteiger partial charge < -0.3 is 10.6 Å². The molecule has 3 nitrogen and oxygen atoms in total. The molecule has 0 aromatic heterocycles. The average Bonchev–Trinajstić information content (AvgIpc) is 2.65. The number of hydrogen-bond acceptors (Lipinski definition) is 2. The van der Waals surface area contributed by atoms with Gasteiger partial charge in [0.05, 0.1) is 0 Å². The molecule has 1 heterocycles. The van der Waals surface area contributed by atoms with Crippen LogP contribution in [0.4, 0.5) is 0 Å². The molecule has 1 saturated heterocycles. The van der Waals surface area contributed by atoms with Gasteiger partial charge in [-0.25, -0.2) is 0 Å². The third-order valence-corrected chi connectivity index (χ3v) is 2.46. The maximum atomic E-state index is 11.4. The number of terminal acetylenes is 1. The fourth-order valence-corrected chi connectivity index (χ4v) is 1.64. The highest BCUT2D eigenvalue weighted by Gasteiger charge is 2.17. The molecule has 1 atom stereocenters. The van der Waals surface area contributed by atoms with Gasteiger partial charge in [0.1, 0.15) is 0 Å². The van der Waals surface area contributed by atoms with Crippen LogP contribution in [0.2, 0.25) is 0 Å². The van der Waals surface area contributed by atoms with Crippen molar-refractivity contribution in [2.24, 2.45) is 5.92 Å². The summed E-state index contributed by atoms with van der Waals surface area (Å²) in [4.78, 5) is 11.4. The van der Waals surface area contributed by atoms with Gasteiger partial charge in [-0.2, -0.15) is 0 Å². The highest BCUT2D eigenvalue weighted by Crippen LogP contribution is 2.11. The number of carbonyl (C=O) groups is 1. The lowest BCUT2D eigenvalue weighted by atomic mass is 10.0. The number of amides is 1. The molecule has 0 spiro atoms. The topological polar surface area (TPSA) is 41.1 Å². The van der Waals surface area contributed by atoms with Crippen molar-refractivity contribution in [3.05, 3.63) is 0 Å². The summed E-state index contributed by atoms with van der Waals surface area (Å²) in [5.41, 5.74) is 0. The Labute approximate surface area is 85.6 Å². The Morgan fingerprint density at radius 2 is 2.50 bits per heavy atom. The quantitative estimate of drug-likeness (QED) is 0.495. The molecule has 3 heteroatoms. The summed E-state index contributed by atoms with van der Waals surface area (Å²) in [7, 11) is 0. The van der Waals surface area contributed by atoms with Crippen molar-refractivity contribution in [3.63, 3.8) is 0 Å². The zero-order chi connectivity index (χ0) is 10.2. The summed E-state index contributed by atoms with van der Waals surface area (Å²) in [6, 6.07) is 0. The molecular formula is C11H18N2O. The molecular weight excluding hydrogens is 176 g/mol. The summed E-state index contributed by atoms with van der Waals surface area (Å²) in [6.45, 7) is 2.75. The maximum absolute atomic E-state index is 11.4. The van der Waals surface area contributed by atoms with E-state index in [-0.39, 0.29) is 5.91 Å². The molecule has 1 aliphatic heterocycles. The van der Waals surface area contributed by atoms with Gasteiger partial charge in [0.15, 0.2) is 0 Å². The van der Waals surface area contributed by atoms with Gasteiger partial charge in [-0.15, -0.1) is 12.3 Å². The lowest BCUT2D eigenvalue weighted by Gasteiger charge is -2.08. The van der Waals surface area contributed by atoms with Crippen molar-refractivity contribution in [3.8, 4) is 12.3 Å². The number of nitrogens with one attached hydrogen (secondary N) is 2. The highest BCUT2D eigenvalue weighted by molar-refractivity contribution is 5.76. The van der Waals surface area contributed by atoms with Gasteiger partial charge in [0.2, 0.25) is 5.91 Å². The summed E-state index contributed by atoms with van der Waals surface area (Å²) in [5, 5.41) is 6.13. The average molecular weight is 194 g/mol. The molecule has 1 unspecified atom stereocenters. The Bertz CT molecular complexity index is 214. The lowest BCUT2D eigenvalue weighted by Crippen LogP contribution is -2.27. The van der Waals surface area contributed by atoms with Crippen LogP contribution in [0.25, 0.3) is 0 Å². The van der Waals surface area contributed by atoms with Gasteiger partial charge in [0.25, 0.3) is 0 Å². The normalized spacial score (nSPS) is 20.4. The van der Waals surface area contributed by atoms with E-state index >= 15 is 0 Å².